The highest BCUT2D eigenvalue weighted by atomic mass is 35.5. The first-order chi connectivity index (χ1) is 13.0. The second-order valence-electron chi connectivity index (χ2n) is 6.16. The third-order valence-corrected chi connectivity index (χ3v) is 5.06. The van der Waals surface area contributed by atoms with Crippen LogP contribution in [0, 0.1) is 11.7 Å². The van der Waals surface area contributed by atoms with Gasteiger partial charge in [0, 0.05) is 19.0 Å². The average molecular weight is 451 g/mol. The first kappa shape index (κ1) is 22.7. The molecule has 1 saturated heterocycles. The van der Waals surface area contributed by atoms with Crippen molar-refractivity contribution in [1.29, 1.82) is 0 Å². The normalized spacial score (nSPS) is 19.4. The summed E-state index contributed by atoms with van der Waals surface area (Å²) >= 11 is 12.1. The number of nitrogens with one attached hydrogen (secondary N) is 1. The Morgan fingerprint density at radius 1 is 1.29 bits per heavy atom. The van der Waals surface area contributed by atoms with E-state index >= 15 is 0 Å². The van der Waals surface area contributed by atoms with Crippen molar-refractivity contribution >= 4 is 41.6 Å². The number of carboxylic acid groups (broad SMARTS) is 1. The SMILES string of the molecule is Cl.O=C(O)c1c(F)cccc1OC[C@@H]1CNCCO[C@H]1c1ccc(Cl)c(Cl)c1. The molecule has 1 aliphatic rings. The summed E-state index contributed by atoms with van der Waals surface area (Å²) in [5.74, 6) is -2.37. The Morgan fingerprint density at radius 3 is 2.79 bits per heavy atom. The van der Waals surface area contributed by atoms with Gasteiger partial charge in [0.15, 0.2) is 0 Å². The van der Waals surface area contributed by atoms with Crippen LogP contribution in [0.2, 0.25) is 10.0 Å². The van der Waals surface area contributed by atoms with E-state index in [1.54, 1.807) is 12.1 Å². The van der Waals surface area contributed by atoms with Gasteiger partial charge in [0.2, 0.25) is 0 Å². The summed E-state index contributed by atoms with van der Waals surface area (Å²) in [6.45, 7) is 1.90. The topological polar surface area (TPSA) is 67.8 Å². The summed E-state index contributed by atoms with van der Waals surface area (Å²) in [6.07, 6.45) is -0.323. The first-order valence-electron chi connectivity index (χ1n) is 8.39. The van der Waals surface area contributed by atoms with E-state index in [1.807, 2.05) is 6.07 Å². The molecule has 3 rings (SSSR count). The van der Waals surface area contributed by atoms with Crippen LogP contribution in [0.4, 0.5) is 4.39 Å². The van der Waals surface area contributed by atoms with E-state index in [2.05, 4.69) is 5.32 Å². The lowest BCUT2D eigenvalue weighted by Crippen LogP contribution is -2.29. The van der Waals surface area contributed by atoms with Crippen molar-refractivity contribution in [3.05, 3.63) is 63.4 Å². The standard InChI is InChI=1S/C19H18Cl2FNO4.ClH/c20-13-5-4-11(8-14(13)21)18-12(9-23-6-7-26-18)10-27-16-3-1-2-15(22)17(16)19(24)25;/h1-5,8,12,18,23H,6-7,9-10H2,(H,24,25);1H/t12-,18-;/m0./s1. The lowest BCUT2D eigenvalue weighted by molar-refractivity contribution is 0.0151. The Labute approximate surface area is 178 Å². The Balaban J connectivity index is 0.00000280. The zero-order valence-corrected chi connectivity index (χ0v) is 17.0. The molecule has 0 radical (unpaired) electrons. The molecule has 2 atom stereocenters. The number of carbonyl (C=O) groups is 1. The van der Waals surface area contributed by atoms with E-state index in [0.29, 0.717) is 29.7 Å². The molecule has 0 spiro atoms. The molecule has 0 amide bonds. The molecule has 2 aromatic carbocycles. The van der Waals surface area contributed by atoms with Crippen LogP contribution in [-0.4, -0.2) is 37.4 Å². The molecule has 152 valence electrons. The highest BCUT2D eigenvalue weighted by molar-refractivity contribution is 6.42. The summed E-state index contributed by atoms with van der Waals surface area (Å²) in [5.41, 5.74) is 0.366. The van der Waals surface area contributed by atoms with Gasteiger partial charge in [-0.2, -0.15) is 0 Å². The number of halogens is 4. The van der Waals surface area contributed by atoms with Crippen molar-refractivity contribution in [2.45, 2.75) is 6.10 Å². The molecule has 1 aliphatic heterocycles. The minimum Gasteiger partial charge on any atom is -0.492 e. The molecule has 5 nitrogen and oxygen atoms in total. The third kappa shape index (κ3) is 5.27. The highest BCUT2D eigenvalue weighted by Gasteiger charge is 2.28. The molecule has 9 heteroatoms. The summed E-state index contributed by atoms with van der Waals surface area (Å²) in [4.78, 5) is 11.3. The molecule has 1 heterocycles. The van der Waals surface area contributed by atoms with Gasteiger partial charge < -0.3 is 19.9 Å². The van der Waals surface area contributed by atoms with E-state index in [4.69, 9.17) is 32.7 Å². The summed E-state index contributed by atoms with van der Waals surface area (Å²) < 4.78 is 25.5. The summed E-state index contributed by atoms with van der Waals surface area (Å²) in [7, 11) is 0. The van der Waals surface area contributed by atoms with Gasteiger partial charge in [-0.25, -0.2) is 9.18 Å². The van der Waals surface area contributed by atoms with Gasteiger partial charge in [0.05, 0.1) is 29.4 Å². The Morgan fingerprint density at radius 2 is 2.07 bits per heavy atom. The van der Waals surface area contributed by atoms with Crippen LogP contribution in [0.5, 0.6) is 5.75 Å². The van der Waals surface area contributed by atoms with E-state index in [1.165, 1.54) is 12.1 Å². The smallest absolute Gasteiger partial charge is 0.342 e. The molecule has 0 saturated carbocycles. The van der Waals surface area contributed by atoms with E-state index in [-0.39, 0.29) is 36.8 Å². The van der Waals surface area contributed by atoms with Crippen LogP contribution >= 0.6 is 35.6 Å². The van der Waals surface area contributed by atoms with Crippen molar-refractivity contribution in [2.75, 3.05) is 26.3 Å². The Kier molecular flexibility index (Phi) is 8.34. The average Bonchev–Trinajstić information content (AvgIpc) is 2.87. The van der Waals surface area contributed by atoms with Gasteiger partial charge in [-0.05, 0) is 29.8 Å². The predicted molar refractivity (Wildman–Crippen MR) is 108 cm³/mol. The van der Waals surface area contributed by atoms with E-state index < -0.39 is 17.3 Å². The highest BCUT2D eigenvalue weighted by Crippen LogP contribution is 2.33. The molecule has 0 bridgehead atoms. The molecular weight excluding hydrogens is 432 g/mol. The number of ether oxygens (including phenoxy) is 2. The van der Waals surface area contributed by atoms with Gasteiger partial charge in [-0.1, -0.05) is 35.3 Å². The van der Waals surface area contributed by atoms with Crippen LogP contribution in [0.15, 0.2) is 36.4 Å². The number of aromatic carboxylic acids is 1. The van der Waals surface area contributed by atoms with Crippen LogP contribution < -0.4 is 10.1 Å². The Bertz CT molecular complexity index is 837. The molecule has 1 fully saturated rings. The molecule has 0 unspecified atom stereocenters. The summed E-state index contributed by atoms with van der Waals surface area (Å²) in [5, 5.41) is 13.4. The molecular formula is C19H19Cl3FNO4. The van der Waals surface area contributed by atoms with Crippen molar-refractivity contribution in [1.82, 2.24) is 5.32 Å². The first-order valence-corrected chi connectivity index (χ1v) is 9.15. The zero-order valence-electron chi connectivity index (χ0n) is 14.7. The number of hydrogen-bond acceptors (Lipinski definition) is 4. The van der Waals surface area contributed by atoms with Crippen LogP contribution in [0.1, 0.15) is 22.0 Å². The van der Waals surface area contributed by atoms with Crippen molar-refractivity contribution in [3.8, 4) is 5.75 Å². The van der Waals surface area contributed by atoms with Crippen molar-refractivity contribution in [3.63, 3.8) is 0 Å². The second-order valence-corrected chi connectivity index (χ2v) is 6.97. The van der Waals surface area contributed by atoms with Gasteiger partial charge >= 0.3 is 5.97 Å². The molecule has 28 heavy (non-hydrogen) atoms. The molecule has 2 N–H and O–H groups in total. The van der Waals surface area contributed by atoms with Gasteiger partial charge in [0.1, 0.15) is 17.1 Å². The number of benzene rings is 2. The predicted octanol–water partition coefficient (Wildman–Crippen LogP) is 4.61. The maximum atomic E-state index is 13.8. The van der Waals surface area contributed by atoms with Crippen LogP contribution in [-0.2, 0) is 4.74 Å². The molecule has 0 aliphatic carbocycles. The van der Waals surface area contributed by atoms with Gasteiger partial charge in [0.25, 0.3) is 0 Å². The minimum atomic E-state index is -1.38. The number of carboxylic acids is 1. The van der Waals surface area contributed by atoms with Crippen LogP contribution in [0.25, 0.3) is 0 Å². The minimum absolute atomic E-state index is 0. The second kappa shape index (κ2) is 10.3. The largest absolute Gasteiger partial charge is 0.492 e. The number of hydrogen-bond donors (Lipinski definition) is 2. The fraction of sp³-hybridized carbons (Fsp3) is 0.316. The lowest BCUT2D eigenvalue weighted by Gasteiger charge is -2.26. The lowest BCUT2D eigenvalue weighted by atomic mass is 9.96. The van der Waals surface area contributed by atoms with E-state index in [0.717, 1.165) is 11.6 Å². The summed E-state index contributed by atoms with van der Waals surface area (Å²) in [6, 6.07) is 9.22. The molecule has 2 aromatic rings. The maximum Gasteiger partial charge on any atom is 0.342 e. The zero-order chi connectivity index (χ0) is 19.4. The molecule has 0 aromatic heterocycles. The quantitative estimate of drug-likeness (QED) is 0.696. The maximum absolute atomic E-state index is 13.8. The van der Waals surface area contributed by atoms with Crippen molar-refractivity contribution in [2.24, 2.45) is 5.92 Å². The fourth-order valence-corrected chi connectivity index (χ4v) is 3.33. The number of rotatable bonds is 5. The Hall–Kier alpha value is -1.57. The van der Waals surface area contributed by atoms with Crippen LogP contribution in [0.3, 0.4) is 0 Å². The van der Waals surface area contributed by atoms with Crippen molar-refractivity contribution < 1.29 is 23.8 Å². The monoisotopic (exact) mass is 449 g/mol. The fourth-order valence-electron chi connectivity index (χ4n) is 3.02. The van der Waals surface area contributed by atoms with E-state index in [9.17, 15) is 14.3 Å². The third-order valence-electron chi connectivity index (χ3n) is 4.33. The van der Waals surface area contributed by atoms with Gasteiger partial charge in [-0.3, -0.25) is 0 Å². The van der Waals surface area contributed by atoms with Gasteiger partial charge in [-0.15, -0.1) is 12.4 Å².